The van der Waals surface area contributed by atoms with E-state index in [4.69, 9.17) is 16.5 Å². The number of amides is 2. The second-order valence-corrected chi connectivity index (χ2v) is 12.5. The van der Waals surface area contributed by atoms with E-state index in [0.29, 0.717) is 43.2 Å². The summed E-state index contributed by atoms with van der Waals surface area (Å²) >= 11 is 0. The number of benzene rings is 2. The second kappa shape index (κ2) is 15.6. The van der Waals surface area contributed by atoms with Crippen LogP contribution in [-0.2, 0) is 16.0 Å². The number of nitrogens with two attached hydrogens (primary N) is 2. The van der Waals surface area contributed by atoms with Crippen LogP contribution in [0.25, 0.3) is 22.5 Å². The molecule has 2 fully saturated rings. The van der Waals surface area contributed by atoms with E-state index >= 15 is 0 Å². The van der Waals surface area contributed by atoms with Gasteiger partial charge in [-0.25, -0.2) is 15.0 Å². The smallest absolute Gasteiger partial charge is 0.251 e. The van der Waals surface area contributed by atoms with E-state index in [1.165, 1.54) is 4.90 Å². The number of pyridine rings is 1. The van der Waals surface area contributed by atoms with E-state index in [2.05, 4.69) is 49.6 Å². The summed E-state index contributed by atoms with van der Waals surface area (Å²) in [7, 11) is 2.14. The number of likely N-dealkylation sites (N-methyl/N-ethyl adjacent to an activating group) is 1. The molecule has 47 heavy (non-hydrogen) atoms. The minimum atomic E-state index is -0.905. The predicted molar refractivity (Wildman–Crippen MR) is 185 cm³/mol. The van der Waals surface area contributed by atoms with Gasteiger partial charge in [0, 0.05) is 49.4 Å². The number of tetrazole rings is 1. The molecule has 12 nitrogen and oxygen atoms in total. The summed E-state index contributed by atoms with van der Waals surface area (Å²) in [6, 6.07) is 18.3. The summed E-state index contributed by atoms with van der Waals surface area (Å²) in [6.45, 7) is 4.63. The number of hydrogen-bond donors (Lipinski definition) is 3. The fraction of sp³-hybridized carbons (Fsp3) is 0.412. The van der Waals surface area contributed by atoms with E-state index in [0.717, 1.165) is 67.1 Å². The number of hydrogen-bond acceptors (Lipinski definition) is 10. The van der Waals surface area contributed by atoms with Gasteiger partial charge in [-0.3, -0.25) is 9.59 Å². The number of carbonyl (C=O) groups is 2. The minimum Gasteiger partial charge on any atom is -0.354 e. The number of imide groups is 1. The fourth-order valence-corrected chi connectivity index (χ4v) is 6.36. The van der Waals surface area contributed by atoms with Crippen molar-refractivity contribution in [2.75, 3.05) is 49.6 Å². The lowest BCUT2D eigenvalue weighted by Crippen LogP contribution is -2.50. The highest BCUT2D eigenvalue weighted by Crippen LogP contribution is 2.32. The third-order valence-corrected chi connectivity index (χ3v) is 9.35. The highest BCUT2D eigenvalue weighted by Gasteiger charge is 2.35. The number of anilines is 2. The van der Waals surface area contributed by atoms with E-state index < -0.39 is 11.9 Å². The molecule has 2 aromatic heterocycles. The number of aromatic amines is 1. The van der Waals surface area contributed by atoms with Gasteiger partial charge in [-0.15, -0.1) is 17.5 Å². The Hall–Kier alpha value is -4.23. The molecule has 2 amide bonds. The number of carbonyl (C=O) groups excluding carboxylic acids is 2. The van der Waals surface area contributed by atoms with E-state index in [1.54, 1.807) is 24.3 Å². The molecule has 5 N–H and O–H groups in total. The largest absolute Gasteiger partial charge is 0.354 e. The molecule has 1 saturated heterocycles. The van der Waals surface area contributed by atoms with Gasteiger partial charge in [0.15, 0.2) is 5.82 Å². The molecule has 0 unspecified atom stereocenters. The molecule has 248 valence electrons. The third kappa shape index (κ3) is 8.02. The molecule has 1 saturated carbocycles. The summed E-state index contributed by atoms with van der Waals surface area (Å²) in [5, 5.41) is 13.9. The van der Waals surface area contributed by atoms with Crippen LogP contribution in [0.1, 0.15) is 31.2 Å². The van der Waals surface area contributed by atoms with Crippen molar-refractivity contribution in [3.8, 4) is 22.5 Å². The molecular weight excluding hydrogens is 616 g/mol. The van der Waals surface area contributed by atoms with Gasteiger partial charge in [0.05, 0.1) is 11.7 Å². The number of halogens is 1. The van der Waals surface area contributed by atoms with Crippen LogP contribution in [-0.4, -0.2) is 88.1 Å². The molecule has 13 heteroatoms. The molecule has 2 aliphatic rings. The second-order valence-electron chi connectivity index (χ2n) is 12.5. The van der Waals surface area contributed by atoms with Crippen LogP contribution in [0, 0.1) is 11.8 Å². The molecule has 1 aliphatic heterocycles. The number of nitrogens with one attached hydrogen (secondary N) is 1. The lowest BCUT2D eigenvalue weighted by Gasteiger charge is -2.33. The number of nitrogens with zero attached hydrogens (tertiary/aromatic N) is 7. The van der Waals surface area contributed by atoms with Crippen molar-refractivity contribution < 1.29 is 9.59 Å². The third-order valence-electron chi connectivity index (χ3n) is 9.35. The molecule has 0 spiro atoms. The van der Waals surface area contributed by atoms with Crippen molar-refractivity contribution in [1.29, 1.82) is 0 Å². The average molecular weight is 659 g/mol. The van der Waals surface area contributed by atoms with Gasteiger partial charge in [0.1, 0.15) is 5.82 Å². The number of piperazine rings is 1. The first-order valence-corrected chi connectivity index (χ1v) is 16.1. The van der Waals surface area contributed by atoms with Crippen LogP contribution in [0.5, 0.6) is 0 Å². The summed E-state index contributed by atoms with van der Waals surface area (Å²) in [6.07, 6.45) is 5.36. The zero-order valence-corrected chi connectivity index (χ0v) is 27.5. The Morgan fingerprint density at radius 2 is 1.57 bits per heavy atom. The van der Waals surface area contributed by atoms with Crippen molar-refractivity contribution in [2.24, 2.45) is 23.3 Å². The Morgan fingerprint density at radius 1 is 0.915 bits per heavy atom. The SMILES string of the molecule is CN1CCN(c2ccc(-c3ccc(C[C@H](N)C(=O)N(c4ccc(-c5nnn[nH]5)cc4)C(=O)[C@H]4CC[C@H](CN)CC4)cc3)cn2)CC1.Cl. The molecular formula is C34H43ClN10O2. The zero-order chi connectivity index (χ0) is 32.0. The van der Waals surface area contributed by atoms with Gasteiger partial charge >= 0.3 is 0 Å². The van der Waals surface area contributed by atoms with Crippen LogP contribution in [0.15, 0.2) is 66.9 Å². The van der Waals surface area contributed by atoms with Crippen molar-refractivity contribution in [3.63, 3.8) is 0 Å². The Balaban J connectivity index is 0.00000433. The summed E-state index contributed by atoms with van der Waals surface area (Å²) < 4.78 is 0. The summed E-state index contributed by atoms with van der Waals surface area (Å²) in [5.74, 6) is 1.01. The lowest BCUT2D eigenvalue weighted by molar-refractivity contribution is -0.130. The van der Waals surface area contributed by atoms with Gasteiger partial charge in [-0.2, -0.15) is 0 Å². The maximum Gasteiger partial charge on any atom is 0.251 e. The maximum absolute atomic E-state index is 13.9. The van der Waals surface area contributed by atoms with Crippen LogP contribution in [0.3, 0.4) is 0 Å². The van der Waals surface area contributed by atoms with Gasteiger partial charge in [-0.05, 0) is 110 Å². The van der Waals surface area contributed by atoms with Crippen molar-refractivity contribution in [3.05, 3.63) is 72.4 Å². The summed E-state index contributed by atoms with van der Waals surface area (Å²) in [4.78, 5) is 38.5. The maximum atomic E-state index is 13.9. The zero-order valence-electron chi connectivity index (χ0n) is 26.7. The fourth-order valence-electron chi connectivity index (χ4n) is 6.36. The normalized spacial score (nSPS) is 19.1. The van der Waals surface area contributed by atoms with Crippen molar-refractivity contribution in [1.82, 2.24) is 30.5 Å². The Kier molecular flexibility index (Phi) is 11.3. The molecule has 3 heterocycles. The number of aromatic nitrogens is 5. The number of rotatable bonds is 9. The van der Waals surface area contributed by atoms with E-state index in [-0.39, 0.29) is 24.2 Å². The molecule has 6 rings (SSSR count). The Bertz CT molecular complexity index is 1580. The highest BCUT2D eigenvalue weighted by atomic mass is 35.5. The predicted octanol–water partition coefficient (Wildman–Crippen LogP) is 3.30. The first-order chi connectivity index (χ1) is 22.4. The van der Waals surface area contributed by atoms with Gasteiger partial charge in [0.25, 0.3) is 5.91 Å². The molecule has 0 radical (unpaired) electrons. The molecule has 0 bridgehead atoms. The first-order valence-electron chi connectivity index (χ1n) is 16.1. The van der Waals surface area contributed by atoms with Gasteiger partial charge in [0.2, 0.25) is 5.91 Å². The summed E-state index contributed by atoms with van der Waals surface area (Å²) in [5.41, 5.74) is 16.6. The lowest BCUT2D eigenvalue weighted by atomic mass is 9.81. The van der Waals surface area contributed by atoms with Gasteiger partial charge < -0.3 is 21.3 Å². The topological polar surface area (TPSA) is 163 Å². The van der Waals surface area contributed by atoms with Gasteiger partial charge in [-0.1, -0.05) is 24.3 Å². The van der Waals surface area contributed by atoms with Crippen LogP contribution in [0.2, 0.25) is 0 Å². The Labute approximate surface area is 281 Å². The molecule has 4 aromatic rings. The standard InChI is InChI=1S/C34H42N10O2.ClH/c1-42-16-18-43(19-17-42)31-15-12-28(22-37-31)25-6-2-23(3-7-25)20-30(36)34(46)44(33(45)27-8-4-24(21-35)5-9-27)29-13-10-26(11-14-29)32-38-40-41-39-32;/h2-3,6-7,10-15,22,24,27,30H,4-5,8-9,16-21,35-36H2,1H3,(H,38,39,40,41);1H/t24-,27-,30-;/m0./s1. The van der Waals surface area contributed by atoms with E-state index in [1.807, 2.05) is 30.5 Å². The van der Waals surface area contributed by atoms with Crippen LogP contribution in [0.4, 0.5) is 11.5 Å². The van der Waals surface area contributed by atoms with Crippen LogP contribution < -0.4 is 21.3 Å². The minimum absolute atomic E-state index is 0. The molecule has 1 atom stereocenters. The highest BCUT2D eigenvalue weighted by molar-refractivity contribution is 6.17. The van der Waals surface area contributed by atoms with Crippen molar-refractivity contribution in [2.45, 2.75) is 38.1 Å². The molecule has 2 aromatic carbocycles. The monoisotopic (exact) mass is 658 g/mol. The Morgan fingerprint density at radius 3 is 2.17 bits per heavy atom. The average Bonchev–Trinajstić information content (AvgIpc) is 3.65. The number of H-pyrrole nitrogens is 1. The molecule has 1 aliphatic carbocycles. The van der Waals surface area contributed by atoms with Crippen molar-refractivity contribution >= 4 is 35.7 Å². The van der Waals surface area contributed by atoms with Crippen LogP contribution >= 0.6 is 12.4 Å². The quantitative estimate of drug-likeness (QED) is 0.243. The first kappa shape index (κ1) is 34.1. The van der Waals surface area contributed by atoms with E-state index in [9.17, 15) is 9.59 Å².